The van der Waals surface area contributed by atoms with Crippen LogP contribution in [-0.2, 0) is 20.7 Å². The molecule has 0 aromatic heterocycles. The largest absolute Gasteiger partial charge is 0.497 e. The van der Waals surface area contributed by atoms with Gasteiger partial charge >= 0.3 is 5.97 Å². The van der Waals surface area contributed by atoms with Crippen molar-refractivity contribution >= 4 is 5.97 Å². The van der Waals surface area contributed by atoms with Crippen LogP contribution in [0.5, 0.6) is 11.5 Å². The average molecular weight is 292 g/mol. The van der Waals surface area contributed by atoms with E-state index in [1.54, 1.807) is 7.11 Å². The maximum Gasteiger partial charge on any atom is 0.312 e. The topological polar surface area (TPSA) is 54.0 Å². The van der Waals surface area contributed by atoms with Crippen LogP contribution in [0.1, 0.15) is 18.4 Å². The molecular formula is C16H20O5. The third kappa shape index (κ3) is 3.29. The normalized spacial score (nSPS) is 24.0. The summed E-state index contributed by atoms with van der Waals surface area (Å²) in [5.74, 6) is 1.10. The summed E-state index contributed by atoms with van der Waals surface area (Å²) in [6.07, 6.45) is 2.72. The highest BCUT2D eigenvalue weighted by molar-refractivity contribution is 5.73. The first-order chi connectivity index (χ1) is 10.3. The number of rotatable bonds is 4. The van der Waals surface area contributed by atoms with E-state index >= 15 is 0 Å². The maximum absolute atomic E-state index is 12.1. The van der Waals surface area contributed by atoms with E-state index in [1.807, 2.05) is 18.2 Å². The summed E-state index contributed by atoms with van der Waals surface area (Å²) in [7, 11) is 1.62. The Kier molecular flexibility index (Phi) is 4.29. The molecule has 0 spiro atoms. The van der Waals surface area contributed by atoms with Crippen molar-refractivity contribution in [1.82, 2.24) is 0 Å². The van der Waals surface area contributed by atoms with E-state index < -0.39 is 0 Å². The molecule has 5 nitrogen and oxygen atoms in total. The molecule has 1 fully saturated rings. The van der Waals surface area contributed by atoms with Crippen LogP contribution >= 0.6 is 0 Å². The van der Waals surface area contributed by atoms with Crippen molar-refractivity contribution in [2.75, 3.05) is 26.9 Å². The first kappa shape index (κ1) is 14.2. The molecule has 2 atom stereocenters. The summed E-state index contributed by atoms with van der Waals surface area (Å²) < 4.78 is 21.6. The number of benzene rings is 1. The number of methoxy groups -OCH3 is 1. The smallest absolute Gasteiger partial charge is 0.312 e. The molecule has 1 saturated heterocycles. The maximum atomic E-state index is 12.1. The number of carbonyl (C=O) groups is 1. The first-order valence-corrected chi connectivity index (χ1v) is 7.34. The molecular weight excluding hydrogens is 272 g/mol. The quantitative estimate of drug-likeness (QED) is 0.794. The molecule has 114 valence electrons. The van der Waals surface area contributed by atoms with E-state index in [4.69, 9.17) is 18.9 Å². The summed E-state index contributed by atoms with van der Waals surface area (Å²) in [4.78, 5) is 12.1. The highest BCUT2D eigenvalue weighted by Gasteiger charge is 2.28. The van der Waals surface area contributed by atoms with Gasteiger partial charge in [-0.2, -0.15) is 0 Å². The van der Waals surface area contributed by atoms with Gasteiger partial charge in [0.15, 0.2) is 0 Å². The van der Waals surface area contributed by atoms with Crippen LogP contribution in [0, 0.1) is 5.92 Å². The summed E-state index contributed by atoms with van der Waals surface area (Å²) >= 11 is 0. The SMILES string of the molecule is COc1ccc2c(c1)OCC(C(=O)OCC1CCCO1)C2. The Balaban J connectivity index is 1.56. The van der Waals surface area contributed by atoms with Crippen molar-refractivity contribution < 1.29 is 23.7 Å². The predicted octanol–water partition coefficient (Wildman–Crippen LogP) is 1.97. The lowest BCUT2D eigenvalue weighted by molar-refractivity contribution is -0.153. The first-order valence-electron chi connectivity index (χ1n) is 7.34. The lowest BCUT2D eigenvalue weighted by Gasteiger charge is -2.24. The Morgan fingerprint density at radius 2 is 2.33 bits per heavy atom. The Hall–Kier alpha value is -1.75. The van der Waals surface area contributed by atoms with Gasteiger partial charge in [0.25, 0.3) is 0 Å². The molecule has 1 aromatic carbocycles. The fourth-order valence-corrected chi connectivity index (χ4v) is 2.70. The van der Waals surface area contributed by atoms with Gasteiger partial charge in [-0.3, -0.25) is 4.79 Å². The Morgan fingerprint density at radius 1 is 1.43 bits per heavy atom. The zero-order valence-electron chi connectivity index (χ0n) is 12.2. The van der Waals surface area contributed by atoms with Crippen LogP contribution in [0.25, 0.3) is 0 Å². The van der Waals surface area contributed by atoms with Gasteiger partial charge in [-0.1, -0.05) is 6.07 Å². The van der Waals surface area contributed by atoms with Crippen LogP contribution < -0.4 is 9.47 Å². The van der Waals surface area contributed by atoms with E-state index in [2.05, 4.69) is 0 Å². The molecule has 2 heterocycles. The molecule has 0 saturated carbocycles. The monoisotopic (exact) mass is 292 g/mol. The number of esters is 1. The van der Waals surface area contributed by atoms with Crippen LogP contribution in [-0.4, -0.2) is 39.0 Å². The zero-order valence-corrected chi connectivity index (χ0v) is 12.2. The second kappa shape index (κ2) is 6.35. The molecule has 5 heteroatoms. The molecule has 0 aliphatic carbocycles. The van der Waals surface area contributed by atoms with Crippen molar-refractivity contribution in [3.8, 4) is 11.5 Å². The molecule has 2 unspecified atom stereocenters. The molecule has 0 amide bonds. The van der Waals surface area contributed by atoms with Gasteiger partial charge in [-0.15, -0.1) is 0 Å². The Labute approximate surface area is 124 Å². The van der Waals surface area contributed by atoms with Gasteiger partial charge in [0.2, 0.25) is 0 Å². The fourth-order valence-electron chi connectivity index (χ4n) is 2.70. The minimum atomic E-state index is -0.243. The highest BCUT2D eigenvalue weighted by Crippen LogP contribution is 2.31. The number of carbonyl (C=O) groups excluding carboxylic acids is 1. The predicted molar refractivity (Wildman–Crippen MR) is 75.6 cm³/mol. The average Bonchev–Trinajstić information content (AvgIpc) is 3.05. The molecule has 0 N–H and O–H groups in total. The number of hydrogen-bond donors (Lipinski definition) is 0. The number of ether oxygens (including phenoxy) is 4. The number of hydrogen-bond acceptors (Lipinski definition) is 5. The Morgan fingerprint density at radius 3 is 3.10 bits per heavy atom. The van der Waals surface area contributed by atoms with Crippen LogP contribution in [0.15, 0.2) is 18.2 Å². The molecule has 1 aromatic rings. The van der Waals surface area contributed by atoms with Gasteiger partial charge in [0.1, 0.15) is 24.7 Å². The molecule has 2 aliphatic heterocycles. The van der Waals surface area contributed by atoms with Gasteiger partial charge in [-0.05, 0) is 30.9 Å². The number of fused-ring (bicyclic) bond motifs is 1. The van der Waals surface area contributed by atoms with Crippen molar-refractivity contribution in [2.24, 2.45) is 5.92 Å². The van der Waals surface area contributed by atoms with Crippen LogP contribution in [0.3, 0.4) is 0 Å². The Bertz CT molecular complexity index is 507. The van der Waals surface area contributed by atoms with Crippen molar-refractivity contribution in [2.45, 2.75) is 25.4 Å². The second-order valence-electron chi connectivity index (χ2n) is 5.45. The lowest BCUT2D eigenvalue weighted by atomic mass is 9.97. The van der Waals surface area contributed by atoms with E-state index in [0.717, 1.165) is 36.5 Å². The molecule has 21 heavy (non-hydrogen) atoms. The van der Waals surface area contributed by atoms with E-state index in [-0.39, 0.29) is 18.0 Å². The second-order valence-corrected chi connectivity index (χ2v) is 5.45. The van der Waals surface area contributed by atoms with Crippen LogP contribution in [0.4, 0.5) is 0 Å². The zero-order chi connectivity index (χ0) is 14.7. The van der Waals surface area contributed by atoms with Gasteiger partial charge in [0, 0.05) is 12.7 Å². The minimum absolute atomic E-state index is 0.0648. The lowest BCUT2D eigenvalue weighted by Crippen LogP contribution is -2.31. The standard InChI is InChI=1S/C16H20O5/c1-18-13-5-4-11-7-12(9-20-15(11)8-13)16(17)21-10-14-3-2-6-19-14/h4-5,8,12,14H,2-3,6-7,9-10H2,1H3. The molecule has 3 rings (SSSR count). The van der Waals surface area contributed by atoms with Crippen LogP contribution in [0.2, 0.25) is 0 Å². The van der Waals surface area contributed by atoms with Gasteiger partial charge in [0.05, 0.1) is 19.1 Å². The van der Waals surface area contributed by atoms with E-state index in [0.29, 0.717) is 19.6 Å². The minimum Gasteiger partial charge on any atom is -0.497 e. The van der Waals surface area contributed by atoms with Gasteiger partial charge in [-0.25, -0.2) is 0 Å². The van der Waals surface area contributed by atoms with Crippen molar-refractivity contribution in [3.05, 3.63) is 23.8 Å². The van der Waals surface area contributed by atoms with E-state index in [1.165, 1.54) is 0 Å². The highest BCUT2D eigenvalue weighted by atomic mass is 16.6. The summed E-state index contributed by atoms with van der Waals surface area (Å²) in [5.41, 5.74) is 1.01. The van der Waals surface area contributed by atoms with Crippen molar-refractivity contribution in [3.63, 3.8) is 0 Å². The molecule has 0 bridgehead atoms. The summed E-state index contributed by atoms with van der Waals surface area (Å²) in [5, 5.41) is 0. The third-order valence-electron chi connectivity index (χ3n) is 3.95. The molecule has 0 radical (unpaired) electrons. The van der Waals surface area contributed by atoms with E-state index in [9.17, 15) is 4.79 Å². The van der Waals surface area contributed by atoms with Gasteiger partial charge < -0.3 is 18.9 Å². The van der Waals surface area contributed by atoms with Crippen molar-refractivity contribution in [1.29, 1.82) is 0 Å². The summed E-state index contributed by atoms with van der Waals surface area (Å²) in [6, 6.07) is 5.67. The molecule has 2 aliphatic rings. The third-order valence-corrected chi connectivity index (χ3v) is 3.95. The summed E-state index contributed by atoms with van der Waals surface area (Å²) in [6.45, 7) is 1.47. The fraction of sp³-hybridized carbons (Fsp3) is 0.562.